The normalized spacial score (nSPS) is 11.4. The van der Waals surface area contributed by atoms with Crippen LogP contribution in [-0.4, -0.2) is 14.6 Å². The molecule has 4 nitrogen and oxygen atoms in total. The zero-order valence-corrected chi connectivity index (χ0v) is 10.5. The summed E-state index contributed by atoms with van der Waals surface area (Å²) in [6.07, 6.45) is 3.49. The van der Waals surface area contributed by atoms with E-state index in [2.05, 4.69) is 10.1 Å². The van der Waals surface area contributed by atoms with Gasteiger partial charge in [-0.25, -0.2) is 9.37 Å². The number of halogens is 1. The minimum absolute atomic E-state index is 0.218. The van der Waals surface area contributed by atoms with Gasteiger partial charge in [-0.15, -0.1) is 0 Å². The van der Waals surface area contributed by atoms with Crippen molar-refractivity contribution in [2.75, 3.05) is 0 Å². The molecule has 0 aliphatic rings. The standard InChI is InChI=1S/C13H8FN3OS/c14-10-4-1-9(2-5-10)3-6-11-7-12(18)17-13(16-11)19-8-15-17/h1-8H. The number of rotatable bonds is 2. The molecule has 0 aliphatic carbocycles. The lowest BCUT2D eigenvalue weighted by Gasteiger charge is -1.95. The molecule has 0 fully saturated rings. The quantitative estimate of drug-likeness (QED) is 0.720. The lowest BCUT2D eigenvalue weighted by atomic mass is 10.2. The molecule has 0 amide bonds. The van der Waals surface area contributed by atoms with Crippen LogP contribution in [-0.2, 0) is 0 Å². The van der Waals surface area contributed by atoms with Crippen molar-refractivity contribution in [3.63, 3.8) is 0 Å². The van der Waals surface area contributed by atoms with E-state index in [-0.39, 0.29) is 11.4 Å². The zero-order valence-electron chi connectivity index (χ0n) is 9.65. The Morgan fingerprint density at radius 3 is 2.79 bits per heavy atom. The third-order valence-corrected chi connectivity index (χ3v) is 3.20. The summed E-state index contributed by atoms with van der Waals surface area (Å²) in [4.78, 5) is 16.5. The topological polar surface area (TPSA) is 47.3 Å². The smallest absolute Gasteiger partial charge is 0.267 e. The van der Waals surface area contributed by atoms with Crippen LogP contribution < -0.4 is 5.56 Å². The molecule has 0 saturated carbocycles. The fourth-order valence-corrected chi connectivity index (χ4v) is 2.24. The van der Waals surface area contributed by atoms with Crippen molar-refractivity contribution >= 4 is 28.4 Å². The van der Waals surface area contributed by atoms with Gasteiger partial charge in [-0.2, -0.15) is 9.61 Å². The maximum absolute atomic E-state index is 12.8. The Bertz CT molecular complexity index is 805. The van der Waals surface area contributed by atoms with Gasteiger partial charge in [-0.05, 0) is 23.8 Å². The Morgan fingerprint density at radius 2 is 2.00 bits per heavy atom. The summed E-state index contributed by atoms with van der Waals surface area (Å²) in [6, 6.07) is 7.49. The van der Waals surface area contributed by atoms with Gasteiger partial charge in [-0.3, -0.25) is 4.79 Å². The van der Waals surface area contributed by atoms with E-state index >= 15 is 0 Å². The van der Waals surface area contributed by atoms with Gasteiger partial charge < -0.3 is 0 Å². The first kappa shape index (κ1) is 11.7. The molecule has 0 N–H and O–H groups in total. The molecule has 0 unspecified atom stereocenters. The van der Waals surface area contributed by atoms with Gasteiger partial charge in [0.05, 0.1) is 5.69 Å². The van der Waals surface area contributed by atoms with E-state index in [1.54, 1.807) is 29.8 Å². The number of nitrogens with zero attached hydrogens (tertiary/aromatic N) is 3. The molecule has 1 aromatic carbocycles. The lowest BCUT2D eigenvalue weighted by Crippen LogP contribution is -2.13. The summed E-state index contributed by atoms with van der Waals surface area (Å²) in [6.45, 7) is 0. The number of hydrogen-bond acceptors (Lipinski definition) is 4. The predicted molar refractivity (Wildman–Crippen MR) is 72.5 cm³/mol. The molecule has 0 saturated heterocycles. The first-order valence-corrected chi connectivity index (χ1v) is 6.37. The fourth-order valence-electron chi connectivity index (χ4n) is 1.61. The molecule has 0 spiro atoms. The van der Waals surface area contributed by atoms with E-state index in [1.165, 1.54) is 34.1 Å². The van der Waals surface area contributed by atoms with Gasteiger partial charge in [0.1, 0.15) is 11.3 Å². The van der Waals surface area contributed by atoms with E-state index < -0.39 is 0 Å². The first-order chi connectivity index (χ1) is 9.22. The van der Waals surface area contributed by atoms with E-state index in [1.807, 2.05) is 0 Å². The molecule has 3 rings (SSSR count). The summed E-state index contributed by atoms with van der Waals surface area (Å²) in [5.41, 5.74) is 2.74. The molecule has 2 heterocycles. The van der Waals surface area contributed by atoms with Crippen LogP contribution in [0, 0.1) is 5.82 Å². The van der Waals surface area contributed by atoms with Gasteiger partial charge in [0, 0.05) is 6.07 Å². The third-order valence-electron chi connectivity index (χ3n) is 2.52. The minimum atomic E-state index is -0.278. The van der Waals surface area contributed by atoms with Crippen molar-refractivity contribution in [1.82, 2.24) is 14.6 Å². The Hall–Kier alpha value is -2.34. The molecule has 0 radical (unpaired) electrons. The van der Waals surface area contributed by atoms with Crippen LogP contribution in [0.3, 0.4) is 0 Å². The second kappa shape index (κ2) is 4.74. The van der Waals surface area contributed by atoms with E-state index in [9.17, 15) is 9.18 Å². The average Bonchev–Trinajstić information content (AvgIpc) is 2.87. The third kappa shape index (κ3) is 2.43. The first-order valence-electron chi connectivity index (χ1n) is 5.49. The van der Waals surface area contributed by atoms with E-state index in [0.29, 0.717) is 10.7 Å². The van der Waals surface area contributed by atoms with Crippen LogP contribution in [0.4, 0.5) is 4.39 Å². The molecule has 6 heteroatoms. The molecular formula is C13H8FN3OS. The lowest BCUT2D eigenvalue weighted by molar-refractivity contribution is 0.628. The number of benzene rings is 1. The second-order valence-corrected chi connectivity index (χ2v) is 4.65. The van der Waals surface area contributed by atoms with E-state index in [4.69, 9.17) is 0 Å². The molecule has 3 aromatic rings. The van der Waals surface area contributed by atoms with Crippen molar-refractivity contribution in [2.45, 2.75) is 0 Å². The summed E-state index contributed by atoms with van der Waals surface area (Å²) in [5.74, 6) is -0.278. The molecule has 2 aromatic heterocycles. The zero-order chi connectivity index (χ0) is 13.2. The Morgan fingerprint density at radius 1 is 1.21 bits per heavy atom. The summed E-state index contributed by atoms with van der Waals surface area (Å²) < 4.78 is 14.0. The SMILES string of the molecule is O=c1cc(C=Cc2ccc(F)cc2)nc2scnn12. The summed E-state index contributed by atoms with van der Waals surface area (Å²) in [7, 11) is 0. The van der Waals surface area contributed by atoms with Gasteiger partial charge in [-0.1, -0.05) is 29.5 Å². The van der Waals surface area contributed by atoms with Gasteiger partial charge in [0.2, 0.25) is 4.96 Å². The number of fused-ring (bicyclic) bond motifs is 1. The van der Waals surface area contributed by atoms with E-state index in [0.717, 1.165) is 5.56 Å². The van der Waals surface area contributed by atoms with Crippen molar-refractivity contribution in [2.24, 2.45) is 0 Å². The maximum atomic E-state index is 12.8. The van der Waals surface area contributed by atoms with Crippen LogP contribution in [0.5, 0.6) is 0 Å². The van der Waals surface area contributed by atoms with Crippen LogP contribution in [0.1, 0.15) is 11.3 Å². The Balaban J connectivity index is 1.96. The average molecular weight is 273 g/mol. The Kier molecular flexibility index (Phi) is 2.92. The van der Waals surface area contributed by atoms with Crippen molar-refractivity contribution < 1.29 is 4.39 Å². The van der Waals surface area contributed by atoms with Crippen molar-refractivity contribution in [3.05, 3.63) is 63.3 Å². The van der Waals surface area contributed by atoms with Crippen LogP contribution in [0.15, 0.2) is 40.6 Å². The molecule has 94 valence electrons. The van der Waals surface area contributed by atoms with Gasteiger partial charge >= 0.3 is 0 Å². The van der Waals surface area contributed by atoms with Gasteiger partial charge in [0.25, 0.3) is 5.56 Å². The number of hydrogen-bond donors (Lipinski definition) is 0. The molecule has 19 heavy (non-hydrogen) atoms. The van der Waals surface area contributed by atoms with Crippen LogP contribution >= 0.6 is 11.3 Å². The highest BCUT2D eigenvalue weighted by molar-refractivity contribution is 7.14. The molecular weight excluding hydrogens is 265 g/mol. The highest BCUT2D eigenvalue weighted by Crippen LogP contribution is 2.09. The monoisotopic (exact) mass is 273 g/mol. The summed E-state index contributed by atoms with van der Waals surface area (Å²) in [5, 5.41) is 3.88. The highest BCUT2D eigenvalue weighted by atomic mass is 32.1. The fraction of sp³-hybridized carbons (Fsp3) is 0. The summed E-state index contributed by atoms with van der Waals surface area (Å²) >= 11 is 1.30. The predicted octanol–water partition coefficient (Wildman–Crippen LogP) is 2.46. The number of aromatic nitrogens is 3. The molecule has 0 aliphatic heterocycles. The Labute approximate surface area is 111 Å². The van der Waals surface area contributed by atoms with Crippen molar-refractivity contribution in [1.29, 1.82) is 0 Å². The minimum Gasteiger partial charge on any atom is -0.267 e. The van der Waals surface area contributed by atoms with Crippen LogP contribution in [0.2, 0.25) is 0 Å². The van der Waals surface area contributed by atoms with Gasteiger partial charge in [0.15, 0.2) is 0 Å². The molecule has 0 bridgehead atoms. The van der Waals surface area contributed by atoms with Crippen molar-refractivity contribution in [3.8, 4) is 0 Å². The van der Waals surface area contributed by atoms with Crippen LogP contribution in [0.25, 0.3) is 17.1 Å². The largest absolute Gasteiger partial charge is 0.275 e. The molecule has 0 atom stereocenters. The second-order valence-electron chi connectivity index (χ2n) is 3.84. The highest BCUT2D eigenvalue weighted by Gasteiger charge is 2.01. The maximum Gasteiger partial charge on any atom is 0.275 e.